The van der Waals surface area contributed by atoms with Crippen molar-refractivity contribution in [1.29, 1.82) is 0 Å². The Kier molecular flexibility index (Phi) is 7.76. The SMILES string of the molecule is C=C/C(=C\C(=C/C)C(=O)NCCc1ccccc1)c1cc(CC)c(=O)[nH]c1C. The average Bonchev–Trinajstić information content (AvgIpc) is 2.70. The largest absolute Gasteiger partial charge is 0.352 e. The van der Waals surface area contributed by atoms with E-state index in [0.717, 1.165) is 23.3 Å². The van der Waals surface area contributed by atoms with Crippen molar-refractivity contribution in [2.24, 2.45) is 0 Å². The van der Waals surface area contributed by atoms with Gasteiger partial charge in [0.1, 0.15) is 0 Å². The molecule has 2 N–H and O–H groups in total. The number of benzene rings is 1. The number of H-pyrrole nitrogens is 1. The van der Waals surface area contributed by atoms with Crippen LogP contribution in [-0.2, 0) is 17.6 Å². The minimum absolute atomic E-state index is 0.0722. The zero-order valence-electron chi connectivity index (χ0n) is 16.8. The summed E-state index contributed by atoms with van der Waals surface area (Å²) in [5.41, 5.74) is 4.82. The Morgan fingerprint density at radius 2 is 1.96 bits per heavy atom. The molecule has 4 heteroatoms. The highest BCUT2D eigenvalue weighted by atomic mass is 16.1. The van der Waals surface area contributed by atoms with E-state index >= 15 is 0 Å². The third-order valence-electron chi connectivity index (χ3n) is 4.65. The summed E-state index contributed by atoms with van der Waals surface area (Å²) in [4.78, 5) is 27.5. The predicted octanol–water partition coefficient (Wildman–Crippen LogP) is 4.12. The Labute approximate surface area is 166 Å². The fraction of sp³-hybridized carbons (Fsp3) is 0.250. The van der Waals surface area contributed by atoms with Crippen LogP contribution in [0.2, 0.25) is 0 Å². The van der Waals surface area contributed by atoms with Crippen LogP contribution in [0.1, 0.15) is 36.2 Å². The van der Waals surface area contributed by atoms with Crippen molar-refractivity contribution in [2.75, 3.05) is 6.54 Å². The maximum absolute atomic E-state index is 12.6. The van der Waals surface area contributed by atoms with Gasteiger partial charge in [-0.3, -0.25) is 9.59 Å². The number of amides is 1. The maximum Gasteiger partial charge on any atom is 0.251 e. The molecule has 0 bridgehead atoms. The van der Waals surface area contributed by atoms with E-state index in [4.69, 9.17) is 0 Å². The Bertz CT molecular complexity index is 950. The first kappa shape index (κ1) is 21.2. The minimum Gasteiger partial charge on any atom is -0.352 e. The first-order valence-corrected chi connectivity index (χ1v) is 9.55. The van der Waals surface area contributed by atoms with Crippen LogP contribution in [0.25, 0.3) is 5.57 Å². The quantitative estimate of drug-likeness (QED) is 0.538. The predicted molar refractivity (Wildman–Crippen MR) is 116 cm³/mol. The average molecular weight is 377 g/mol. The lowest BCUT2D eigenvalue weighted by Gasteiger charge is -2.11. The standard InChI is InChI=1S/C24H28N2O2/c1-5-19(22-16-21(7-3)24(28)26-17(22)4)15-20(6-2)23(27)25-14-13-18-11-9-8-10-12-18/h5-6,8-12,15-16H,1,7,13-14H2,2-4H3,(H,25,27)(H,26,28)/b19-15+,20-6+. The van der Waals surface area contributed by atoms with Gasteiger partial charge in [-0.2, -0.15) is 0 Å². The fourth-order valence-corrected chi connectivity index (χ4v) is 2.99. The number of aromatic amines is 1. The molecule has 146 valence electrons. The van der Waals surface area contributed by atoms with Crippen LogP contribution in [-0.4, -0.2) is 17.4 Å². The van der Waals surface area contributed by atoms with Gasteiger partial charge in [0.05, 0.1) is 0 Å². The van der Waals surface area contributed by atoms with Crippen LogP contribution in [0.5, 0.6) is 0 Å². The number of aromatic nitrogens is 1. The van der Waals surface area contributed by atoms with Crippen LogP contribution >= 0.6 is 0 Å². The van der Waals surface area contributed by atoms with Crippen LogP contribution in [0.15, 0.2) is 71.6 Å². The second kappa shape index (κ2) is 10.3. The highest BCUT2D eigenvalue weighted by Crippen LogP contribution is 2.21. The summed E-state index contributed by atoms with van der Waals surface area (Å²) in [5, 5.41) is 2.97. The lowest BCUT2D eigenvalue weighted by Crippen LogP contribution is -2.26. The van der Waals surface area contributed by atoms with E-state index < -0.39 is 0 Å². The molecule has 0 saturated heterocycles. The third-order valence-corrected chi connectivity index (χ3v) is 4.65. The Hall–Kier alpha value is -3.14. The molecule has 0 spiro atoms. The normalized spacial score (nSPS) is 12.0. The molecule has 0 aliphatic heterocycles. The summed E-state index contributed by atoms with van der Waals surface area (Å²) >= 11 is 0. The molecule has 0 fully saturated rings. The summed E-state index contributed by atoms with van der Waals surface area (Å²) in [6.45, 7) is 10.1. The van der Waals surface area contributed by atoms with Gasteiger partial charge in [-0.1, -0.05) is 56.0 Å². The molecule has 1 aromatic carbocycles. The highest BCUT2D eigenvalue weighted by molar-refractivity contribution is 5.99. The number of allylic oxidation sites excluding steroid dienone is 3. The smallest absolute Gasteiger partial charge is 0.251 e. The molecule has 0 unspecified atom stereocenters. The van der Waals surface area contributed by atoms with Gasteiger partial charge in [0.15, 0.2) is 0 Å². The van der Waals surface area contributed by atoms with Crippen LogP contribution < -0.4 is 10.9 Å². The summed E-state index contributed by atoms with van der Waals surface area (Å²) in [5.74, 6) is -0.129. The third kappa shape index (κ3) is 5.43. The summed E-state index contributed by atoms with van der Waals surface area (Å²) < 4.78 is 0. The summed E-state index contributed by atoms with van der Waals surface area (Å²) in [6.07, 6.45) is 6.72. The number of carbonyl (C=O) groups is 1. The van der Waals surface area contributed by atoms with Crippen LogP contribution in [0.4, 0.5) is 0 Å². The fourth-order valence-electron chi connectivity index (χ4n) is 2.99. The molecule has 2 rings (SSSR count). The lowest BCUT2D eigenvalue weighted by atomic mass is 9.99. The van der Waals surface area contributed by atoms with Crippen LogP contribution in [0.3, 0.4) is 0 Å². The van der Waals surface area contributed by atoms with Gasteiger partial charge in [0, 0.05) is 28.9 Å². The Morgan fingerprint density at radius 3 is 2.57 bits per heavy atom. The lowest BCUT2D eigenvalue weighted by molar-refractivity contribution is -0.117. The van der Waals surface area contributed by atoms with Crippen molar-refractivity contribution in [3.63, 3.8) is 0 Å². The highest BCUT2D eigenvalue weighted by Gasteiger charge is 2.11. The first-order valence-electron chi connectivity index (χ1n) is 9.55. The molecule has 4 nitrogen and oxygen atoms in total. The second-order valence-electron chi connectivity index (χ2n) is 6.56. The van der Waals surface area contributed by atoms with Gasteiger partial charge in [0.25, 0.3) is 11.5 Å². The molecule has 28 heavy (non-hydrogen) atoms. The molecule has 1 amide bonds. The molecule has 0 aliphatic rings. The molecule has 0 aliphatic carbocycles. The van der Waals surface area contributed by atoms with E-state index in [9.17, 15) is 9.59 Å². The Balaban J connectivity index is 2.18. The number of hydrogen-bond acceptors (Lipinski definition) is 2. The minimum atomic E-state index is -0.129. The molecule has 1 aromatic heterocycles. The van der Waals surface area contributed by atoms with Crippen molar-refractivity contribution in [3.05, 3.63) is 99.5 Å². The second-order valence-corrected chi connectivity index (χ2v) is 6.56. The van der Waals surface area contributed by atoms with E-state index in [1.165, 1.54) is 5.56 Å². The summed E-state index contributed by atoms with van der Waals surface area (Å²) in [6, 6.07) is 11.9. The zero-order chi connectivity index (χ0) is 20.5. The zero-order valence-corrected chi connectivity index (χ0v) is 16.8. The van der Waals surface area contributed by atoms with Gasteiger partial charge in [0.2, 0.25) is 0 Å². The summed E-state index contributed by atoms with van der Waals surface area (Å²) in [7, 11) is 0. The van der Waals surface area contributed by atoms with Gasteiger partial charge in [-0.05, 0) is 50.0 Å². The molecule has 2 aromatic rings. The number of nitrogens with one attached hydrogen (secondary N) is 2. The molecule has 0 saturated carbocycles. The molecule has 0 atom stereocenters. The van der Waals surface area contributed by atoms with E-state index in [-0.39, 0.29) is 11.5 Å². The van der Waals surface area contributed by atoms with E-state index in [0.29, 0.717) is 24.1 Å². The maximum atomic E-state index is 12.6. The monoisotopic (exact) mass is 376 g/mol. The number of aryl methyl sites for hydroxylation is 2. The van der Waals surface area contributed by atoms with Gasteiger partial charge >= 0.3 is 0 Å². The van der Waals surface area contributed by atoms with Gasteiger partial charge in [-0.25, -0.2) is 0 Å². The molecular weight excluding hydrogens is 348 g/mol. The molecular formula is C24H28N2O2. The number of pyridine rings is 1. The Morgan fingerprint density at radius 1 is 1.25 bits per heavy atom. The van der Waals surface area contributed by atoms with Crippen molar-refractivity contribution in [2.45, 2.75) is 33.6 Å². The van der Waals surface area contributed by atoms with Gasteiger partial charge in [-0.15, -0.1) is 0 Å². The van der Waals surface area contributed by atoms with Gasteiger partial charge < -0.3 is 10.3 Å². The van der Waals surface area contributed by atoms with E-state index in [1.807, 2.05) is 63.2 Å². The molecule has 1 heterocycles. The van der Waals surface area contributed by atoms with Crippen molar-refractivity contribution in [1.82, 2.24) is 10.3 Å². The van der Waals surface area contributed by atoms with Crippen LogP contribution in [0, 0.1) is 6.92 Å². The topological polar surface area (TPSA) is 62.0 Å². The van der Waals surface area contributed by atoms with E-state index in [1.54, 1.807) is 12.2 Å². The number of carbonyl (C=O) groups excluding carboxylic acids is 1. The van der Waals surface area contributed by atoms with Crippen molar-refractivity contribution >= 4 is 11.5 Å². The van der Waals surface area contributed by atoms with Crippen molar-refractivity contribution in [3.8, 4) is 0 Å². The van der Waals surface area contributed by atoms with Crippen molar-refractivity contribution < 1.29 is 4.79 Å². The number of hydrogen-bond donors (Lipinski definition) is 2. The number of rotatable bonds is 8. The van der Waals surface area contributed by atoms with E-state index in [2.05, 4.69) is 16.9 Å². The first-order chi connectivity index (χ1) is 13.5. The molecule has 0 radical (unpaired) electrons.